The molecule has 0 aliphatic carbocycles. The van der Waals surface area contributed by atoms with Crippen molar-refractivity contribution in [1.29, 1.82) is 0 Å². The number of thiophene rings is 1. The highest BCUT2D eigenvalue weighted by atomic mass is 79.9. The van der Waals surface area contributed by atoms with Gasteiger partial charge < -0.3 is 9.80 Å². The summed E-state index contributed by atoms with van der Waals surface area (Å²) in [6, 6.07) is 15.9. The second kappa shape index (κ2) is 6.95. The molecule has 1 aliphatic heterocycles. The van der Waals surface area contributed by atoms with Crippen molar-refractivity contribution < 1.29 is 0 Å². The van der Waals surface area contributed by atoms with Gasteiger partial charge in [-0.25, -0.2) is 0 Å². The first-order valence-corrected chi connectivity index (χ1v) is 9.08. The molecule has 2 heterocycles. The summed E-state index contributed by atoms with van der Waals surface area (Å²) in [5.41, 5.74) is 1.34. The fourth-order valence-electron chi connectivity index (χ4n) is 2.96. The molecule has 112 valence electrons. The predicted octanol–water partition coefficient (Wildman–Crippen LogP) is 4.61. The Kier molecular flexibility index (Phi) is 4.99. The number of rotatable bonds is 4. The topological polar surface area (TPSA) is 6.48 Å². The molecule has 1 fully saturated rings. The average Bonchev–Trinajstić information content (AvgIpc) is 2.92. The van der Waals surface area contributed by atoms with Crippen LogP contribution in [0.2, 0.25) is 0 Å². The largest absolute Gasteiger partial charge is 0.363 e. The highest BCUT2D eigenvalue weighted by molar-refractivity contribution is 9.11. The minimum Gasteiger partial charge on any atom is -0.363 e. The molecule has 1 aromatic carbocycles. The summed E-state index contributed by atoms with van der Waals surface area (Å²) in [6.45, 7) is 3.40. The molecule has 0 N–H and O–H groups in total. The Morgan fingerprint density at radius 3 is 2.48 bits per heavy atom. The Hall–Kier alpha value is -0.840. The Morgan fingerprint density at radius 2 is 1.86 bits per heavy atom. The minimum absolute atomic E-state index is 0.643. The van der Waals surface area contributed by atoms with E-state index in [9.17, 15) is 0 Å². The minimum atomic E-state index is 0.643. The van der Waals surface area contributed by atoms with E-state index in [0.29, 0.717) is 6.04 Å². The molecule has 1 saturated heterocycles. The van der Waals surface area contributed by atoms with Crippen molar-refractivity contribution in [2.45, 2.75) is 25.4 Å². The van der Waals surface area contributed by atoms with Crippen LogP contribution in [-0.4, -0.2) is 31.1 Å². The lowest BCUT2D eigenvalue weighted by Crippen LogP contribution is -2.43. The van der Waals surface area contributed by atoms with Crippen LogP contribution in [0.3, 0.4) is 0 Å². The number of benzene rings is 1. The first-order chi connectivity index (χ1) is 10.2. The number of likely N-dealkylation sites (tertiary alicyclic amines) is 1. The normalized spacial score (nSPS) is 17.0. The van der Waals surface area contributed by atoms with Gasteiger partial charge in [-0.1, -0.05) is 18.2 Å². The zero-order valence-corrected chi connectivity index (χ0v) is 14.7. The number of para-hydroxylation sites is 1. The van der Waals surface area contributed by atoms with Gasteiger partial charge in [0.25, 0.3) is 0 Å². The van der Waals surface area contributed by atoms with Gasteiger partial charge in [-0.2, -0.15) is 0 Å². The summed E-state index contributed by atoms with van der Waals surface area (Å²) < 4.78 is 1.22. The third-order valence-corrected chi connectivity index (χ3v) is 5.78. The molecule has 2 nitrogen and oxygen atoms in total. The molecule has 0 unspecified atom stereocenters. The molecule has 0 amide bonds. The van der Waals surface area contributed by atoms with E-state index < -0.39 is 0 Å². The van der Waals surface area contributed by atoms with E-state index in [1.165, 1.54) is 40.3 Å². The van der Waals surface area contributed by atoms with Crippen molar-refractivity contribution in [1.82, 2.24) is 4.90 Å². The zero-order valence-electron chi connectivity index (χ0n) is 12.3. The van der Waals surface area contributed by atoms with Crippen LogP contribution < -0.4 is 4.90 Å². The second-order valence-corrected chi connectivity index (χ2v) is 8.25. The molecule has 4 heteroatoms. The van der Waals surface area contributed by atoms with Crippen LogP contribution in [-0.2, 0) is 6.54 Å². The third kappa shape index (κ3) is 3.87. The van der Waals surface area contributed by atoms with Crippen LogP contribution in [0.1, 0.15) is 17.7 Å². The zero-order chi connectivity index (χ0) is 14.7. The molecule has 21 heavy (non-hydrogen) atoms. The maximum Gasteiger partial charge on any atom is 0.0702 e. The highest BCUT2D eigenvalue weighted by Gasteiger charge is 2.23. The number of hydrogen-bond acceptors (Lipinski definition) is 3. The summed E-state index contributed by atoms with van der Waals surface area (Å²) in [7, 11) is 2.22. The maximum absolute atomic E-state index is 3.58. The summed E-state index contributed by atoms with van der Waals surface area (Å²) in [5.74, 6) is 0. The van der Waals surface area contributed by atoms with Gasteiger partial charge in [0.05, 0.1) is 10.3 Å². The smallest absolute Gasteiger partial charge is 0.0702 e. The van der Waals surface area contributed by atoms with Gasteiger partial charge in [-0.3, -0.25) is 0 Å². The summed E-state index contributed by atoms with van der Waals surface area (Å²) in [4.78, 5) is 6.44. The predicted molar refractivity (Wildman–Crippen MR) is 95.2 cm³/mol. The van der Waals surface area contributed by atoms with E-state index in [1.807, 2.05) is 11.3 Å². The standard InChI is InChI=1S/C17H21BrN2S/c1-19-11-9-15(10-12-19)20(14-5-3-2-4-6-14)13-16-7-8-17(18)21-16/h2-8,15H,9-13H2,1H3. The lowest BCUT2D eigenvalue weighted by Gasteiger charge is -2.38. The number of nitrogens with zero attached hydrogens (tertiary/aromatic N) is 2. The SMILES string of the molecule is CN1CCC(N(Cc2ccc(Br)s2)c2ccccc2)CC1. The molecule has 1 aliphatic rings. The molecular formula is C17H21BrN2S. The van der Waals surface area contributed by atoms with E-state index in [1.54, 1.807) is 0 Å². The van der Waals surface area contributed by atoms with Gasteiger partial charge in [0, 0.05) is 16.6 Å². The maximum atomic E-state index is 3.58. The fraction of sp³-hybridized carbons (Fsp3) is 0.412. The van der Waals surface area contributed by atoms with Gasteiger partial charge in [0.2, 0.25) is 0 Å². The first kappa shape index (κ1) is 15.1. The second-order valence-electron chi connectivity index (χ2n) is 5.70. The monoisotopic (exact) mass is 364 g/mol. The Balaban J connectivity index is 1.81. The van der Waals surface area contributed by atoms with Crippen molar-refractivity contribution >= 4 is 33.0 Å². The van der Waals surface area contributed by atoms with Gasteiger partial charge in [0.1, 0.15) is 0 Å². The lowest BCUT2D eigenvalue weighted by molar-refractivity contribution is 0.249. The molecule has 0 radical (unpaired) electrons. The first-order valence-electron chi connectivity index (χ1n) is 7.47. The van der Waals surface area contributed by atoms with Gasteiger partial charge >= 0.3 is 0 Å². The molecule has 2 aromatic rings. The van der Waals surface area contributed by atoms with Crippen LogP contribution in [0.5, 0.6) is 0 Å². The van der Waals surface area contributed by atoms with Crippen LogP contribution in [0.4, 0.5) is 5.69 Å². The van der Waals surface area contributed by atoms with Crippen LogP contribution in [0.15, 0.2) is 46.3 Å². The molecule has 0 bridgehead atoms. The lowest BCUT2D eigenvalue weighted by atomic mass is 10.0. The summed E-state index contributed by atoms with van der Waals surface area (Å²) in [5, 5.41) is 0. The van der Waals surface area contributed by atoms with Crippen molar-refractivity contribution in [3.63, 3.8) is 0 Å². The van der Waals surface area contributed by atoms with Crippen molar-refractivity contribution in [2.24, 2.45) is 0 Å². The molecule has 0 saturated carbocycles. The fourth-order valence-corrected chi connectivity index (χ4v) is 4.44. The van der Waals surface area contributed by atoms with E-state index in [2.05, 4.69) is 75.2 Å². The molecule has 3 rings (SSSR count). The molecule has 0 atom stereocenters. The van der Waals surface area contributed by atoms with Crippen molar-refractivity contribution in [3.05, 3.63) is 51.1 Å². The number of halogens is 1. The molecule has 1 aromatic heterocycles. The van der Waals surface area contributed by atoms with E-state index in [4.69, 9.17) is 0 Å². The molecule has 0 spiro atoms. The number of anilines is 1. The summed E-state index contributed by atoms with van der Waals surface area (Å²) >= 11 is 5.42. The van der Waals surface area contributed by atoms with Crippen molar-refractivity contribution in [3.8, 4) is 0 Å². The Labute approximate surface area is 139 Å². The average molecular weight is 365 g/mol. The molecular weight excluding hydrogens is 344 g/mol. The Morgan fingerprint density at radius 1 is 1.14 bits per heavy atom. The van der Waals surface area contributed by atoms with Crippen LogP contribution in [0.25, 0.3) is 0 Å². The van der Waals surface area contributed by atoms with Gasteiger partial charge in [0.15, 0.2) is 0 Å². The highest BCUT2D eigenvalue weighted by Crippen LogP contribution is 2.29. The summed E-state index contributed by atoms with van der Waals surface area (Å²) in [6.07, 6.45) is 2.50. The Bertz CT molecular complexity index is 561. The van der Waals surface area contributed by atoms with Gasteiger partial charge in [-0.15, -0.1) is 11.3 Å². The van der Waals surface area contributed by atoms with Gasteiger partial charge in [-0.05, 0) is 73.2 Å². The van der Waals surface area contributed by atoms with Crippen molar-refractivity contribution in [2.75, 3.05) is 25.0 Å². The van der Waals surface area contributed by atoms with E-state index in [-0.39, 0.29) is 0 Å². The van der Waals surface area contributed by atoms with Crippen LogP contribution >= 0.6 is 27.3 Å². The van der Waals surface area contributed by atoms with E-state index >= 15 is 0 Å². The van der Waals surface area contributed by atoms with E-state index in [0.717, 1.165) is 6.54 Å². The quantitative estimate of drug-likeness (QED) is 0.781. The van der Waals surface area contributed by atoms with Crippen LogP contribution in [0, 0.1) is 0 Å². The third-order valence-electron chi connectivity index (χ3n) is 4.17. The number of piperidine rings is 1. The number of hydrogen-bond donors (Lipinski definition) is 0.